The normalized spacial score (nSPS) is 14.0. The maximum Gasteiger partial charge on any atom is 0.337 e. The zero-order valence-corrected chi connectivity index (χ0v) is 26.8. The maximum atomic E-state index is 14.4. The van der Waals surface area contributed by atoms with Crippen LogP contribution in [-0.4, -0.2) is 73.2 Å². The van der Waals surface area contributed by atoms with E-state index in [9.17, 15) is 36.7 Å². The number of unbranched alkanes of at least 4 members (excludes halogenated alkanes) is 1. The van der Waals surface area contributed by atoms with Crippen molar-refractivity contribution in [2.75, 3.05) is 35.9 Å². The first-order valence-corrected chi connectivity index (χ1v) is 16.8. The van der Waals surface area contributed by atoms with Crippen molar-refractivity contribution in [2.24, 2.45) is 5.73 Å². The second-order valence-electron chi connectivity index (χ2n) is 11.3. The lowest BCUT2D eigenvalue weighted by Crippen LogP contribution is -2.49. The molecule has 0 bridgehead atoms. The predicted octanol–water partition coefficient (Wildman–Crippen LogP) is 5.22. The molecular formula is C32H37F2N5O7S. The van der Waals surface area contributed by atoms with Crippen LogP contribution in [0.4, 0.5) is 25.0 Å². The van der Waals surface area contributed by atoms with Crippen molar-refractivity contribution < 1.29 is 41.4 Å². The molecule has 0 unspecified atom stereocenters. The number of amides is 3. The molecule has 1 aliphatic heterocycles. The Morgan fingerprint density at radius 3 is 2.23 bits per heavy atom. The Bertz CT molecular complexity index is 1730. The number of carbonyl (C=O) groups excluding carboxylic acids is 2. The molecule has 0 saturated carbocycles. The largest absolute Gasteiger partial charge is 0.478 e. The number of carboxylic acid groups (broad SMARTS) is 1. The molecule has 12 nitrogen and oxygen atoms in total. The van der Waals surface area contributed by atoms with E-state index in [2.05, 4.69) is 14.9 Å². The highest BCUT2D eigenvalue weighted by Crippen LogP contribution is 2.28. The number of ether oxygens (including phenoxy) is 1. The summed E-state index contributed by atoms with van der Waals surface area (Å²) in [5, 5.41) is 12.0. The summed E-state index contributed by atoms with van der Waals surface area (Å²) in [5.74, 6) is -3.80. The summed E-state index contributed by atoms with van der Waals surface area (Å²) in [7, 11) is -3.67. The Hall–Kier alpha value is -4.76. The number of nitrogens with one attached hydrogen (secondary N) is 2. The second kappa shape index (κ2) is 15.2. The summed E-state index contributed by atoms with van der Waals surface area (Å²) >= 11 is 0. The van der Waals surface area contributed by atoms with Gasteiger partial charge < -0.3 is 25.8 Å². The van der Waals surface area contributed by atoms with E-state index in [1.807, 2.05) is 19.1 Å². The van der Waals surface area contributed by atoms with Gasteiger partial charge in [0.15, 0.2) is 0 Å². The van der Waals surface area contributed by atoms with Gasteiger partial charge in [-0.25, -0.2) is 26.8 Å². The van der Waals surface area contributed by atoms with E-state index in [0.29, 0.717) is 50.8 Å². The third-order valence-corrected chi connectivity index (χ3v) is 8.25. The van der Waals surface area contributed by atoms with Crippen LogP contribution in [0.1, 0.15) is 58.9 Å². The monoisotopic (exact) mass is 673 g/mol. The molecule has 0 atom stereocenters. The van der Waals surface area contributed by atoms with E-state index in [4.69, 9.17) is 10.5 Å². The summed E-state index contributed by atoms with van der Waals surface area (Å²) in [6, 6.07) is 12.1. The third kappa shape index (κ3) is 9.62. The number of hydrogen-bond acceptors (Lipinski definition) is 7. The minimum absolute atomic E-state index is 0.0684. The molecule has 3 aromatic carbocycles. The number of aromatic carboxylic acids is 1. The van der Waals surface area contributed by atoms with E-state index >= 15 is 0 Å². The number of anilines is 2. The van der Waals surface area contributed by atoms with Crippen molar-refractivity contribution in [3.63, 3.8) is 0 Å². The average Bonchev–Trinajstić information content (AvgIpc) is 3.00. The Kier molecular flexibility index (Phi) is 11.4. The lowest BCUT2D eigenvalue weighted by atomic mass is 10.0. The van der Waals surface area contributed by atoms with Gasteiger partial charge in [-0.05, 0) is 61.2 Å². The number of carbonyl (C=O) groups is 3. The number of halogens is 2. The Labute approximate surface area is 271 Å². The molecule has 47 heavy (non-hydrogen) atoms. The standard InChI is InChI=1S/C32H37F2N5O7S/c1-3-4-13-39(32(43)36-29-17-24(30(35)40)26(33)18-27(29)34)21-11-14-38(15-12-21)19-20-5-7-22(8-6-20)46-23-9-10-28(37-47(2,44)45)25(16-23)31(41)42/h5-10,16-18,21,37H,3-4,11-15,19H2,1-2H3,(H2,35,40)(H,36,43)(H,41,42). The van der Waals surface area contributed by atoms with Gasteiger partial charge in [0, 0.05) is 38.3 Å². The van der Waals surface area contributed by atoms with Crippen LogP contribution in [0.5, 0.6) is 11.5 Å². The van der Waals surface area contributed by atoms with E-state index in [1.54, 1.807) is 17.0 Å². The van der Waals surface area contributed by atoms with Crippen molar-refractivity contribution in [2.45, 2.75) is 45.2 Å². The topological polar surface area (TPSA) is 171 Å². The molecule has 4 rings (SSSR count). The van der Waals surface area contributed by atoms with E-state index < -0.39 is 45.1 Å². The number of nitrogens with two attached hydrogens (primary N) is 1. The summed E-state index contributed by atoms with van der Waals surface area (Å²) in [4.78, 5) is 40.3. The molecule has 0 radical (unpaired) electrons. The van der Waals surface area contributed by atoms with Gasteiger partial charge in [-0.1, -0.05) is 25.5 Å². The van der Waals surface area contributed by atoms with Crippen molar-refractivity contribution in [1.29, 1.82) is 0 Å². The van der Waals surface area contributed by atoms with Crippen molar-refractivity contribution in [3.05, 3.63) is 82.9 Å². The summed E-state index contributed by atoms with van der Waals surface area (Å²) < 4.78 is 59.4. The lowest BCUT2D eigenvalue weighted by Gasteiger charge is -2.38. The molecule has 5 N–H and O–H groups in total. The number of carboxylic acids is 1. The summed E-state index contributed by atoms with van der Waals surface area (Å²) in [5.41, 5.74) is 5.03. The summed E-state index contributed by atoms with van der Waals surface area (Å²) in [6.45, 7) is 4.48. The highest BCUT2D eigenvalue weighted by atomic mass is 32.2. The van der Waals surface area contributed by atoms with Gasteiger partial charge in [0.25, 0.3) is 5.91 Å². The van der Waals surface area contributed by atoms with Crippen LogP contribution in [0.25, 0.3) is 0 Å². The van der Waals surface area contributed by atoms with E-state index in [0.717, 1.165) is 30.7 Å². The van der Waals surface area contributed by atoms with Gasteiger partial charge in [0.2, 0.25) is 10.0 Å². The quantitative estimate of drug-likeness (QED) is 0.191. The van der Waals surface area contributed by atoms with Crippen molar-refractivity contribution >= 4 is 39.3 Å². The van der Waals surface area contributed by atoms with Crippen LogP contribution < -0.4 is 20.5 Å². The van der Waals surface area contributed by atoms with Crippen LogP contribution in [0.3, 0.4) is 0 Å². The third-order valence-electron chi connectivity index (χ3n) is 7.66. The van der Waals surface area contributed by atoms with Gasteiger partial charge in [-0.2, -0.15) is 0 Å². The molecule has 15 heteroatoms. The number of likely N-dealkylation sites (tertiary alicyclic amines) is 1. The van der Waals surface area contributed by atoms with Crippen LogP contribution in [0.2, 0.25) is 0 Å². The molecule has 252 valence electrons. The van der Waals surface area contributed by atoms with Crippen LogP contribution >= 0.6 is 0 Å². The Morgan fingerprint density at radius 2 is 1.64 bits per heavy atom. The highest BCUT2D eigenvalue weighted by molar-refractivity contribution is 7.92. The van der Waals surface area contributed by atoms with Gasteiger partial charge in [-0.15, -0.1) is 0 Å². The predicted molar refractivity (Wildman–Crippen MR) is 172 cm³/mol. The molecule has 1 fully saturated rings. The van der Waals surface area contributed by atoms with Gasteiger partial charge in [0.1, 0.15) is 23.1 Å². The van der Waals surface area contributed by atoms with Gasteiger partial charge in [-0.3, -0.25) is 14.4 Å². The second-order valence-corrected chi connectivity index (χ2v) is 13.0. The molecule has 1 saturated heterocycles. The molecule has 1 heterocycles. The fourth-order valence-corrected chi connectivity index (χ4v) is 5.88. The maximum absolute atomic E-state index is 14.4. The first-order valence-electron chi connectivity index (χ1n) is 14.9. The zero-order valence-electron chi connectivity index (χ0n) is 26.0. The highest BCUT2D eigenvalue weighted by Gasteiger charge is 2.29. The number of sulfonamides is 1. The number of hydrogen-bond donors (Lipinski definition) is 4. The number of nitrogens with zero attached hydrogens (tertiary/aromatic N) is 2. The fourth-order valence-electron chi connectivity index (χ4n) is 5.30. The minimum atomic E-state index is -3.67. The fraction of sp³-hybridized carbons (Fsp3) is 0.344. The number of urea groups is 1. The molecule has 3 aromatic rings. The van der Waals surface area contributed by atoms with Crippen LogP contribution in [0.15, 0.2) is 54.6 Å². The van der Waals surface area contributed by atoms with Gasteiger partial charge >= 0.3 is 12.0 Å². The lowest BCUT2D eigenvalue weighted by molar-refractivity contribution is 0.0697. The first kappa shape index (κ1) is 35.1. The SMILES string of the molecule is CCCCN(C(=O)Nc1cc(C(N)=O)c(F)cc1F)C1CCN(Cc2ccc(Oc3ccc(NS(C)(=O)=O)c(C(=O)O)c3)cc2)CC1. The molecule has 0 spiro atoms. The van der Waals surface area contributed by atoms with E-state index in [-0.39, 0.29) is 28.7 Å². The molecule has 1 aliphatic rings. The Balaban J connectivity index is 1.35. The van der Waals surface area contributed by atoms with E-state index in [1.165, 1.54) is 18.2 Å². The molecular weight excluding hydrogens is 636 g/mol. The zero-order chi connectivity index (χ0) is 34.3. The number of rotatable bonds is 13. The number of benzene rings is 3. The van der Waals surface area contributed by atoms with Crippen LogP contribution in [0, 0.1) is 11.6 Å². The smallest absolute Gasteiger partial charge is 0.337 e. The molecule has 3 amide bonds. The van der Waals surface area contributed by atoms with Gasteiger partial charge in [0.05, 0.1) is 28.8 Å². The van der Waals surface area contributed by atoms with Crippen LogP contribution in [-0.2, 0) is 16.6 Å². The molecule has 0 aliphatic carbocycles. The first-order chi connectivity index (χ1) is 22.2. The van der Waals surface area contributed by atoms with Crippen molar-refractivity contribution in [3.8, 4) is 11.5 Å². The minimum Gasteiger partial charge on any atom is -0.478 e. The number of piperidine rings is 1. The van der Waals surface area contributed by atoms with Crippen molar-refractivity contribution in [1.82, 2.24) is 9.80 Å². The summed E-state index contributed by atoms with van der Waals surface area (Å²) in [6.07, 6.45) is 3.85. The number of primary amides is 1. The Morgan fingerprint density at radius 1 is 0.979 bits per heavy atom. The molecule has 0 aromatic heterocycles. The average molecular weight is 674 g/mol.